The summed E-state index contributed by atoms with van der Waals surface area (Å²) < 4.78 is 0. The first kappa shape index (κ1) is 11.4. The second kappa shape index (κ2) is 5.33. The Kier molecular flexibility index (Phi) is 4.06. The van der Waals surface area contributed by atoms with Crippen LogP contribution < -0.4 is 5.32 Å². The molecule has 0 spiro atoms. The van der Waals surface area contributed by atoms with Crippen molar-refractivity contribution >= 4 is 40.7 Å². The van der Waals surface area contributed by atoms with Crippen LogP contribution in [-0.4, -0.2) is 17.5 Å². The minimum absolute atomic E-state index is 0.544. The van der Waals surface area contributed by atoms with Crippen molar-refractivity contribution in [3.63, 3.8) is 0 Å². The molecule has 1 N–H and O–H groups in total. The highest BCUT2D eigenvalue weighted by molar-refractivity contribution is 7.99. The first-order valence-corrected chi connectivity index (χ1v) is 6.97. The molecule has 0 radical (unpaired) electrons. The largest absolute Gasteiger partial charge is 0.381 e. The van der Waals surface area contributed by atoms with Gasteiger partial charge in [-0.25, -0.2) is 0 Å². The molecule has 15 heavy (non-hydrogen) atoms. The quantitative estimate of drug-likeness (QED) is 0.852. The van der Waals surface area contributed by atoms with E-state index in [1.807, 2.05) is 30.0 Å². The topological polar surface area (TPSA) is 12.0 Å². The van der Waals surface area contributed by atoms with Crippen molar-refractivity contribution in [2.75, 3.05) is 16.8 Å². The summed E-state index contributed by atoms with van der Waals surface area (Å²) in [6.45, 7) is 0. The second-order valence-electron chi connectivity index (χ2n) is 3.63. The standard InChI is InChI=1S/C11H13Cl2NS/c12-9-2-1-3-10(11(9)13)14-8-4-6-15-7-5-8/h1-3,8,14H,4-7H2. The Morgan fingerprint density at radius 2 is 1.93 bits per heavy atom. The maximum Gasteiger partial charge on any atom is 0.0823 e. The van der Waals surface area contributed by atoms with Gasteiger partial charge in [0.05, 0.1) is 15.7 Å². The van der Waals surface area contributed by atoms with Gasteiger partial charge in [-0.05, 0) is 36.5 Å². The highest BCUT2D eigenvalue weighted by atomic mass is 35.5. The van der Waals surface area contributed by atoms with Crippen molar-refractivity contribution in [1.82, 2.24) is 0 Å². The van der Waals surface area contributed by atoms with Gasteiger partial charge in [-0.2, -0.15) is 11.8 Å². The first-order valence-electron chi connectivity index (χ1n) is 5.05. The van der Waals surface area contributed by atoms with E-state index < -0.39 is 0 Å². The molecule has 1 heterocycles. The molecule has 2 rings (SSSR count). The van der Waals surface area contributed by atoms with Crippen LogP contribution in [0.5, 0.6) is 0 Å². The van der Waals surface area contributed by atoms with Crippen molar-refractivity contribution in [3.05, 3.63) is 28.2 Å². The molecule has 1 aliphatic rings. The van der Waals surface area contributed by atoms with Crippen LogP contribution >= 0.6 is 35.0 Å². The molecule has 1 aliphatic heterocycles. The summed E-state index contributed by atoms with van der Waals surface area (Å²) in [6, 6.07) is 6.26. The second-order valence-corrected chi connectivity index (χ2v) is 5.64. The van der Waals surface area contributed by atoms with E-state index in [9.17, 15) is 0 Å². The van der Waals surface area contributed by atoms with Crippen molar-refractivity contribution in [3.8, 4) is 0 Å². The number of rotatable bonds is 2. The SMILES string of the molecule is Clc1cccc(NC2CCSCC2)c1Cl. The number of benzene rings is 1. The average molecular weight is 262 g/mol. The van der Waals surface area contributed by atoms with Crippen LogP contribution in [0.4, 0.5) is 5.69 Å². The third kappa shape index (κ3) is 2.96. The van der Waals surface area contributed by atoms with Gasteiger partial charge in [0.1, 0.15) is 0 Å². The molecule has 1 saturated heterocycles. The van der Waals surface area contributed by atoms with E-state index in [1.54, 1.807) is 0 Å². The normalized spacial score (nSPS) is 17.7. The Hall–Kier alpha value is -0.0500. The zero-order chi connectivity index (χ0) is 10.7. The number of thioether (sulfide) groups is 1. The van der Waals surface area contributed by atoms with Crippen LogP contribution in [0, 0.1) is 0 Å². The minimum atomic E-state index is 0.544. The van der Waals surface area contributed by atoms with Crippen LogP contribution in [0.15, 0.2) is 18.2 Å². The van der Waals surface area contributed by atoms with Gasteiger partial charge >= 0.3 is 0 Å². The molecular formula is C11H13Cl2NS. The van der Waals surface area contributed by atoms with Crippen LogP contribution in [0.25, 0.3) is 0 Å². The number of hydrogen-bond donors (Lipinski definition) is 1. The predicted octanol–water partition coefficient (Wildman–Crippen LogP) is 4.30. The molecule has 1 fully saturated rings. The number of anilines is 1. The van der Waals surface area contributed by atoms with E-state index in [0.717, 1.165) is 5.69 Å². The summed E-state index contributed by atoms with van der Waals surface area (Å²) in [5, 5.41) is 4.71. The monoisotopic (exact) mass is 261 g/mol. The number of nitrogens with one attached hydrogen (secondary N) is 1. The molecule has 0 aliphatic carbocycles. The van der Waals surface area contributed by atoms with Crippen LogP contribution in [-0.2, 0) is 0 Å². The summed E-state index contributed by atoms with van der Waals surface area (Å²) in [4.78, 5) is 0. The number of hydrogen-bond acceptors (Lipinski definition) is 2. The van der Waals surface area contributed by atoms with Gasteiger partial charge in [0.2, 0.25) is 0 Å². The molecule has 0 unspecified atom stereocenters. The first-order chi connectivity index (χ1) is 7.27. The van der Waals surface area contributed by atoms with Crippen molar-refractivity contribution in [2.45, 2.75) is 18.9 Å². The zero-order valence-corrected chi connectivity index (χ0v) is 10.6. The molecule has 0 aromatic heterocycles. The van der Waals surface area contributed by atoms with E-state index in [0.29, 0.717) is 16.1 Å². The summed E-state index contributed by atoms with van der Waals surface area (Å²) in [5.74, 6) is 2.46. The molecule has 82 valence electrons. The van der Waals surface area contributed by atoms with E-state index >= 15 is 0 Å². The van der Waals surface area contributed by atoms with E-state index in [-0.39, 0.29) is 0 Å². The predicted molar refractivity (Wildman–Crippen MR) is 70.4 cm³/mol. The third-order valence-electron chi connectivity index (χ3n) is 2.53. The fourth-order valence-corrected chi connectivity index (χ4v) is 3.14. The van der Waals surface area contributed by atoms with Crippen LogP contribution in [0.1, 0.15) is 12.8 Å². The lowest BCUT2D eigenvalue weighted by Crippen LogP contribution is -2.24. The zero-order valence-electron chi connectivity index (χ0n) is 8.30. The van der Waals surface area contributed by atoms with Gasteiger partial charge in [0.25, 0.3) is 0 Å². The van der Waals surface area contributed by atoms with Gasteiger partial charge in [0.15, 0.2) is 0 Å². The fourth-order valence-electron chi connectivity index (χ4n) is 1.68. The summed E-state index contributed by atoms with van der Waals surface area (Å²) >= 11 is 14.1. The lowest BCUT2D eigenvalue weighted by atomic mass is 10.1. The van der Waals surface area contributed by atoms with Gasteiger partial charge in [-0.15, -0.1) is 0 Å². The van der Waals surface area contributed by atoms with Gasteiger partial charge in [-0.3, -0.25) is 0 Å². The summed E-state index contributed by atoms with van der Waals surface area (Å²) in [6.07, 6.45) is 2.40. The molecule has 4 heteroatoms. The van der Waals surface area contributed by atoms with E-state index in [4.69, 9.17) is 23.2 Å². The smallest absolute Gasteiger partial charge is 0.0823 e. The maximum atomic E-state index is 6.11. The van der Waals surface area contributed by atoms with Gasteiger partial charge in [-0.1, -0.05) is 29.3 Å². The fraction of sp³-hybridized carbons (Fsp3) is 0.455. The molecular weight excluding hydrogens is 249 g/mol. The van der Waals surface area contributed by atoms with Crippen LogP contribution in [0.2, 0.25) is 10.0 Å². The van der Waals surface area contributed by atoms with E-state index in [2.05, 4.69) is 5.32 Å². The average Bonchev–Trinajstić information content (AvgIpc) is 2.26. The van der Waals surface area contributed by atoms with Crippen molar-refractivity contribution in [2.24, 2.45) is 0 Å². The summed E-state index contributed by atoms with van der Waals surface area (Å²) in [5.41, 5.74) is 0.959. The Labute approximate surface area is 105 Å². The third-order valence-corrected chi connectivity index (χ3v) is 4.40. The van der Waals surface area contributed by atoms with Crippen LogP contribution in [0.3, 0.4) is 0 Å². The molecule has 1 aromatic carbocycles. The Bertz CT molecular complexity index is 337. The maximum absolute atomic E-state index is 6.11. The highest BCUT2D eigenvalue weighted by Crippen LogP contribution is 2.31. The molecule has 1 nitrogen and oxygen atoms in total. The Balaban J connectivity index is 2.06. The Morgan fingerprint density at radius 3 is 2.67 bits per heavy atom. The van der Waals surface area contributed by atoms with Gasteiger partial charge in [0, 0.05) is 6.04 Å². The molecule has 0 amide bonds. The van der Waals surface area contributed by atoms with E-state index in [1.165, 1.54) is 24.3 Å². The highest BCUT2D eigenvalue weighted by Gasteiger charge is 2.14. The molecule has 1 aromatic rings. The van der Waals surface area contributed by atoms with Crippen molar-refractivity contribution < 1.29 is 0 Å². The molecule has 0 atom stereocenters. The molecule has 0 saturated carbocycles. The lowest BCUT2D eigenvalue weighted by molar-refractivity contribution is 0.667. The van der Waals surface area contributed by atoms with Crippen molar-refractivity contribution in [1.29, 1.82) is 0 Å². The summed E-state index contributed by atoms with van der Waals surface area (Å²) in [7, 11) is 0. The molecule has 0 bridgehead atoms. The number of halogens is 2. The lowest BCUT2D eigenvalue weighted by Gasteiger charge is -2.24. The minimum Gasteiger partial charge on any atom is -0.381 e. The Morgan fingerprint density at radius 1 is 1.20 bits per heavy atom. The van der Waals surface area contributed by atoms with Gasteiger partial charge < -0.3 is 5.32 Å².